The molecule has 0 spiro atoms. The van der Waals surface area contributed by atoms with Crippen LogP contribution in [0, 0.1) is 12.3 Å². The zero-order valence-electron chi connectivity index (χ0n) is 11.9. The van der Waals surface area contributed by atoms with E-state index in [2.05, 4.69) is 10.9 Å². The van der Waals surface area contributed by atoms with E-state index in [9.17, 15) is 0 Å². The smallest absolute Gasteiger partial charge is 0.153 e. The molecule has 2 aromatic carbocycles. The molecule has 3 heteroatoms. The molecule has 0 aliphatic heterocycles. The molecule has 0 radical (unpaired) electrons. The largest absolute Gasteiger partial charge is 0.483 e. The van der Waals surface area contributed by atoms with Crippen molar-refractivity contribution in [3.05, 3.63) is 60.4 Å². The van der Waals surface area contributed by atoms with E-state index in [0.29, 0.717) is 6.54 Å². The van der Waals surface area contributed by atoms with Gasteiger partial charge in [-0.05, 0) is 31.2 Å². The number of ether oxygens (including phenoxy) is 1. The van der Waals surface area contributed by atoms with Crippen molar-refractivity contribution in [1.29, 1.82) is 0 Å². The van der Waals surface area contributed by atoms with Crippen LogP contribution in [0.5, 0.6) is 5.75 Å². The highest BCUT2D eigenvalue weighted by molar-refractivity contribution is 5.76. The number of rotatable bonds is 4. The van der Waals surface area contributed by atoms with Gasteiger partial charge >= 0.3 is 0 Å². The molecule has 3 nitrogen and oxygen atoms in total. The summed E-state index contributed by atoms with van der Waals surface area (Å²) in [7, 11) is 0. The maximum atomic E-state index is 5.97. The van der Waals surface area contributed by atoms with Crippen molar-refractivity contribution in [2.75, 3.05) is 0 Å². The Morgan fingerprint density at radius 3 is 2.62 bits per heavy atom. The summed E-state index contributed by atoms with van der Waals surface area (Å²) in [6.45, 7) is 2.47. The van der Waals surface area contributed by atoms with Gasteiger partial charge in [0.25, 0.3) is 0 Å². The monoisotopic (exact) mass is 276 g/mol. The maximum Gasteiger partial charge on any atom is 0.153 e. The van der Waals surface area contributed by atoms with Crippen molar-refractivity contribution < 1.29 is 4.74 Å². The highest BCUT2D eigenvalue weighted by Gasteiger charge is 2.17. The summed E-state index contributed by atoms with van der Waals surface area (Å²) < 4.78 is 8.00. The van der Waals surface area contributed by atoms with Crippen LogP contribution in [0.1, 0.15) is 18.9 Å². The number of nitrogens with zero attached hydrogens (tertiary/aromatic N) is 2. The molecule has 1 unspecified atom stereocenters. The number of para-hydroxylation sites is 3. The normalized spacial score (nSPS) is 12.0. The molecule has 0 saturated carbocycles. The number of aromatic nitrogens is 2. The van der Waals surface area contributed by atoms with Crippen LogP contribution >= 0.6 is 0 Å². The van der Waals surface area contributed by atoms with Gasteiger partial charge in [0.2, 0.25) is 0 Å². The molecule has 0 amide bonds. The fourth-order valence-electron chi connectivity index (χ4n) is 2.42. The zero-order valence-corrected chi connectivity index (χ0v) is 11.9. The fourth-order valence-corrected chi connectivity index (χ4v) is 2.42. The molecule has 0 saturated heterocycles. The first-order valence-electron chi connectivity index (χ1n) is 6.90. The quantitative estimate of drug-likeness (QED) is 0.677. The topological polar surface area (TPSA) is 27.1 Å². The summed E-state index contributed by atoms with van der Waals surface area (Å²) in [5, 5.41) is 0. The lowest BCUT2D eigenvalue weighted by Crippen LogP contribution is -2.11. The van der Waals surface area contributed by atoms with Gasteiger partial charge in [0.15, 0.2) is 11.9 Å². The van der Waals surface area contributed by atoms with Crippen molar-refractivity contribution in [2.45, 2.75) is 19.6 Å². The van der Waals surface area contributed by atoms with E-state index in [1.54, 1.807) is 0 Å². The highest BCUT2D eigenvalue weighted by Crippen LogP contribution is 2.24. The molecular weight excluding hydrogens is 260 g/mol. The molecular formula is C18H16N2O. The van der Waals surface area contributed by atoms with Gasteiger partial charge in [0.05, 0.1) is 17.6 Å². The standard InChI is InChI=1S/C18H16N2O/c1-3-13-20-17-12-8-7-11-16(17)19-18(20)14(2)21-15-9-5-4-6-10-15/h1,4-12,14H,13H2,2H3. The summed E-state index contributed by atoms with van der Waals surface area (Å²) in [5.41, 5.74) is 1.97. The molecule has 0 N–H and O–H groups in total. The summed E-state index contributed by atoms with van der Waals surface area (Å²) in [4.78, 5) is 4.67. The van der Waals surface area contributed by atoms with Crippen molar-refractivity contribution >= 4 is 11.0 Å². The van der Waals surface area contributed by atoms with Gasteiger partial charge in [-0.15, -0.1) is 6.42 Å². The Balaban J connectivity index is 1.99. The van der Waals surface area contributed by atoms with Crippen LogP contribution < -0.4 is 4.74 Å². The Kier molecular flexibility index (Phi) is 3.61. The molecule has 0 bridgehead atoms. The lowest BCUT2D eigenvalue weighted by Gasteiger charge is -2.15. The highest BCUT2D eigenvalue weighted by atomic mass is 16.5. The Morgan fingerprint density at radius 2 is 1.86 bits per heavy atom. The van der Waals surface area contributed by atoms with Crippen LogP contribution in [0.4, 0.5) is 0 Å². The van der Waals surface area contributed by atoms with Crippen molar-refractivity contribution in [1.82, 2.24) is 9.55 Å². The van der Waals surface area contributed by atoms with Gasteiger partial charge < -0.3 is 9.30 Å². The van der Waals surface area contributed by atoms with Gasteiger partial charge in [-0.3, -0.25) is 0 Å². The third-order valence-corrected chi connectivity index (χ3v) is 3.35. The molecule has 0 aliphatic carbocycles. The van der Waals surface area contributed by atoms with Crippen LogP contribution in [0.25, 0.3) is 11.0 Å². The lowest BCUT2D eigenvalue weighted by atomic mass is 10.3. The number of benzene rings is 2. The van der Waals surface area contributed by atoms with E-state index in [1.807, 2.05) is 66.1 Å². The van der Waals surface area contributed by atoms with Crippen molar-refractivity contribution in [3.8, 4) is 18.1 Å². The minimum atomic E-state index is -0.173. The predicted molar refractivity (Wildman–Crippen MR) is 84.1 cm³/mol. The van der Waals surface area contributed by atoms with E-state index >= 15 is 0 Å². The van der Waals surface area contributed by atoms with E-state index in [0.717, 1.165) is 22.6 Å². The molecule has 21 heavy (non-hydrogen) atoms. The Bertz CT molecular complexity index is 784. The third kappa shape index (κ3) is 2.61. The molecule has 1 aromatic heterocycles. The molecule has 104 valence electrons. The van der Waals surface area contributed by atoms with Gasteiger partial charge in [-0.25, -0.2) is 4.98 Å². The van der Waals surface area contributed by atoms with E-state index in [4.69, 9.17) is 11.2 Å². The Hall–Kier alpha value is -2.73. The molecule has 0 fully saturated rings. The summed E-state index contributed by atoms with van der Waals surface area (Å²) >= 11 is 0. The Morgan fingerprint density at radius 1 is 1.14 bits per heavy atom. The summed E-state index contributed by atoms with van der Waals surface area (Å²) in [5.74, 6) is 4.36. The minimum absolute atomic E-state index is 0.173. The van der Waals surface area contributed by atoms with Crippen LogP contribution in [0.15, 0.2) is 54.6 Å². The first kappa shape index (κ1) is 13.3. The van der Waals surface area contributed by atoms with Gasteiger partial charge in [0.1, 0.15) is 5.75 Å². The fraction of sp³-hybridized carbons (Fsp3) is 0.167. The van der Waals surface area contributed by atoms with Gasteiger partial charge in [0, 0.05) is 0 Å². The molecule has 1 heterocycles. The van der Waals surface area contributed by atoms with E-state index < -0.39 is 0 Å². The second-order valence-electron chi connectivity index (χ2n) is 4.82. The van der Waals surface area contributed by atoms with Crippen LogP contribution in [-0.4, -0.2) is 9.55 Å². The summed E-state index contributed by atoms with van der Waals surface area (Å²) in [6, 6.07) is 17.7. The second-order valence-corrected chi connectivity index (χ2v) is 4.82. The van der Waals surface area contributed by atoms with Crippen molar-refractivity contribution in [2.24, 2.45) is 0 Å². The number of terminal acetylenes is 1. The molecule has 3 aromatic rings. The number of fused-ring (bicyclic) bond motifs is 1. The first-order chi connectivity index (χ1) is 10.3. The van der Waals surface area contributed by atoms with Crippen molar-refractivity contribution in [3.63, 3.8) is 0 Å². The van der Waals surface area contributed by atoms with Gasteiger partial charge in [-0.2, -0.15) is 0 Å². The first-order valence-corrected chi connectivity index (χ1v) is 6.90. The Labute approximate surface area is 124 Å². The van der Waals surface area contributed by atoms with Gasteiger partial charge in [-0.1, -0.05) is 36.3 Å². The van der Waals surface area contributed by atoms with E-state index in [1.165, 1.54) is 0 Å². The summed E-state index contributed by atoms with van der Waals surface area (Å²) in [6.07, 6.45) is 5.32. The van der Waals surface area contributed by atoms with Crippen LogP contribution in [0.2, 0.25) is 0 Å². The molecule has 0 aliphatic rings. The SMILES string of the molecule is C#CCn1c(C(C)Oc2ccccc2)nc2ccccc21. The number of hydrogen-bond acceptors (Lipinski definition) is 2. The zero-order chi connectivity index (χ0) is 14.7. The maximum absolute atomic E-state index is 5.97. The third-order valence-electron chi connectivity index (χ3n) is 3.35. The average Bonchev–Trinajstić information content (AvgIpc) is 2.88. The number of imidazole rings is 1. The van der Waals surface area contributed by atoms with Crippen LogP contribution in [0.3, 0.4) is 0 Å². The molecule has 3 rings (SSSR count). The predicted octanol–water partition coefficient (Wildman–Crippen LogP) is 3.81. The average molecular weight is 276 g/mol. The molecule has 1 atom stereocenters. The van der Waals surface area contributed by atoms with Crippen LogP contribution in [-0.2, 0) is 6.54 Å². The number of hydrogen-bond donors (Lipinski definition) is 0. The second kappa shape index (κ2) is 5.72. The minimum Gasteiger partial charge on any atom is -0.483 e. The van der Waals surface area contributed by atoms with E-state index in [-0.39, 0.29) is 6.10 Å². The lowest BCUT2D eigenvalue weighted by molar-refractivity contribution is 0.212.